The highest BCUT2D eigenvalue weighted by Crippen LogP contribution is 2.37. The minimum atomic E-state index is -0.141. The lowest BCUT2D eigenvalue weighted by Crippen LogP contribution is -2.42. The van der Waals surface area contributed by atoms with Crippen molar-refractivity contribution in [3.05, 3.63) is 11.6 Å². The molecule has 2 aliphatic heterocycles. The monoisotopic (exact) mass is 236 g/mol. The van der Waals surface area contributed by atoms with E-state index in [4.69, 9.17) is 9.47 Å². The molecule has 0 bridgehead atoms. The SMILES string of the molecule is O=C(C1=CCCC1)C1CCOC2(CCOC2)C1. The highest BCUT2D eigenvalue weighted by Gasteiger charge is 2.43. The van der Waals surface area contributed by atoms with Crippen LogP contribution < -0.4 is 0 Å². The second-order valence-electron chi connectivity index (χ2n) is 5.51. The van der Waals surface area contributed by atoms with Gasteiger partial charge >= 0.3 is 0 Å². The molecule has 0 amide bonds. The van der Waals surface area contributed by atoms with Crippen LogP contribution in [0.1, 0.15) is 38.5 Å². The zero-order valence-electron chi connectivity index (χ0n) is 10.2. The van der Waals surface area contributed by atoms with Gasteiger partial charge in [0.1, 0.15) is 0 Å². The Hall–Kier alpha value is -0.670. The van der Waals surface area contributed by atoms with Gasteiger partial charge < -0.3 is 9.47 Å². The van der Waals surface area contributed by atoms with Gasteiger partial charge in [-0.05, 0) is 37.7 Å². The molecule has 0 aromatic heterocycles. The summed E-state index contributed by atoms with van der Waals surface area (Å²) >= 11 is 0. The van der Waals surface area contributed by atoms with Crippen molar-refractivity contribution < 1.29 is 14.3 Å². The molecule has 0 saturated carbocycles. The van der Waals surface area contributed by atoms with Gasteiger partial charge in [-0.25, -0.2) is 0 Å². The van der Waals surface area contributed by atoms with Crippen LogP contribution in [0.2, 0.25) is 0 Å². The van der Waals surface area contributed by atoms with E-state index in [-0.39, 0.29) is 11.5 Å². The molecule has 1 spiro atoms. The van der Waals surface area contributed by atoms with E-state index in [0.29, 0.717) is 19.0 Å². The molecule has 0 aromatic carbocycles. The number of rotatable bonds is 2. The van der Waals surface area contributed by atoms with Crippen molar-refractivity contribution in [2.45, 2.75) is 44.1 Å². The number of hydrogen-bond donors (Lipinski definition) is 0. The molecule has 1 aliphatic carbocycles. The zero-order chi connectivity index (χ0) is 11.7. The topological polar surface area (TPSA) is 35.5 Å². The molecule has 2 fully saturated rings. The molecule has 3 heteroatoms. The van der Waals surface area contributed by atoms with Crippen molar-refractivity contribution in [3.63, 3.8) is 0 Å². The number of carbonyl (C=O) groups is 1. The average molecular weight is 236 g/mol. The third kappa shape index (κ3) is 2.18. The van der Waals surface area contributed by atoms with E-state index in [2.05, 4.69) is 6.08 Å². The molecule has 2 saturated heterocycles. The second-order valence-corrected chi connectivity index (χ2v) is 5.51. The minimum absolute atomic E-state index is 0.141. The number of ether oxygens (including phenoxy) is 2. The largest absolute Gasteiger partial charge is 0.378 e. The minimum Gasteiger partial charge on any atom is -0.378 e. The zero-order valence-corrected chi connectivity index (χ0v) is 10.2. The second kappa shape index (κ2) is 4.54. The molecular formula is C14H20O3. The quantitative estimate of drug-likeness (QED) is 0.737. The molecule has 0 N–H and O–H groups in total. The Bertz CT molecular complexity index is 339. The Morgan fingerprint density at radius 2 is 2.35 bits per heavy atom. The third-order valence-electron chi connectivity index (χ3n) is 4.29. The predicted molar refractivity (Wildman–Crippen MR) is 63.8 cm³/mol. The standard InChI is InChI=1S/C14H20O3/c15-13(11-3-1-2-4-11)12-5-7-17-14(9-12)6-8-16-10-14/h3,12H,1-2,4-10H2. The van der Waals surface area contributed by atoms with E-state index in [0.717, 1.165) is 50.7 Å². The summed E-state index contributed by atoms with van der Waals surface area (Å²) in [6.07, 6.45) is 8.06. The summed E-state index contributed by atoms with van der Waals surface area (Å²) in [6.45, 7) is 2.17. The Kier molecular flexibility index (Phi) is 3.05. The summed E-state index contributed by atoms with van der Waals surface area (Å²) in [4.78, 5) is 12.4. The first-order valence-corrected chi connectivity index (χ1v) is 6.74. The molecule has 2 unspecified atom stereocenters. The first-order valence-electron chi connectivity index (χ1n) is 6.74. The van der Waals surface area contributed by atoms with Gasteiger partial charge in [0.15, 0.2) is 5.78 Å². The molecule has 3 nitrogen and oxygen atoms in total. The van der Waals surface area contributed by atoms with Crippen LogP contribution in [-0.4, -0.2) is 31.2 Å². The van der Waals surface area contributed by atoms with Crippen molar-refractivity contribution in [3.8, 4) is 0 Å². The van der Waals surface area contributed by atoms with Crippen LogP contribution in [0.4, 0.5) is 0 Å². The molecule has 3 aliphatic rings. The number of allylic oxidation sites excluding steroid dienone is 2. The van der Waals surface area contributed by atoms with Crippen LogP contribution in [0, 0.1) is 5.92 Å². The summed E-state index contributed by atoms with van der Waals surface area (Å²) in [6, 6.07) is 0. The van der Waals surface area contributed by atoms with Crippen molar-refractivity contribution in [2.24, 2.45) is 5.92 Å². The van der Waals surface area contributed by atoms with Gasteiger partial charge in [0.25, 0.3) is 0 Å². The van der Waals surface area contributed by atoms with E-state index in [9.17, 15) is 4.79 Å². The molecular weight excluding hydrogens is 216 g/mol. The van der Waals surface area contributed by atoms with Gasteiger partial charge in [-0.1, -0.05) is 6.08 Å². The molecule has 0 aromatic rings. The van der Waals surface area contributed by atoms with E-state index >= 15 is 0 Å². The summed E-state index contributed by atoms with van der Waals surface area (Å²) in [5.41, 5.74) is 0.934. The van der Waals surface area contributed by atoms with Crippen LogP contribution >= 0.6 is 0 Å². The number of ketones is 1. The Morgan fingerprint density at radius 1 is 1.41 bits per heavy atom. The third-order valence-corrected chi connectivity index (χ3v) is 4.29. The van der Waals surface area contributed by atoms with Gasteiger partial charge in [-0.15, -0.1) is 0 Å². The summed E-state index contributed by atoms with van der Waals surface area (Å²) in [5.74, 6) is 0.562. The number of hydrogen-bond acceptors (Lipinski definition) is 3. The number of carbonyl (C=O) groups excluding carboxylic acids is 1. The van der Waals surface area contributed by atoms with Crippen LogP contribution in [0.3, 0.4) is 0 Å². The lowest BCUT2D eigenvalue weighted by atomic mass is 9.81. The van der Waals surface area contributed by atoms with Gasteiger partial charge in [-0.2, -0.15) is 0 Å². The van der Waals surface area contributed by atoms with Gasteiger partial charge in [0, 0.05) is 25.6 Å². The van der Waals surface area contributed by atoms with Crippen LogP contribution in [0.5, 0.6) is 0 Å². The van der Waals surface area contributed by atoms with Crippen molar-refractivity contribution in [1.82, 2.24) is 0 Å². The first-order chi connectivity index (χ1) is 8.29. The van der Waals surface area contributed by atoms with Crippen LogP contribution in [0.25, 0.3) is 0 Å². The lowest BCUT2D eigenvalue weighted by molar-refractivity contribution is -0.133. The Balaban J connectivity index is 1.69. The number of Topliss-reactive ketones (excluding diaryl/α,β-unsaturated/α-hetero) is 1. The van der Waals surface area contributed by atoms with Gasteiger partial charge in [0.2, 0.25) is 0 Å². The fourth-order valence-corrected chi connectivity index (χ4v) is 3.27. The average Bonchev–Trinajstić information content (AvgIpc) is 3.00. The Morgan fingerprint density at radius 3 is 3.06 bits per heavy atom. The molecule has 17 heavy (non-hydrogen) atoms. The van der Waals surface area contributed by atoms with Gasteiger partial charge in [-0.3, -0.25) is 4.79 Å². The molecule has 0 radical (unpaired) electrons. The van der Waals surface area contributed by atoms with E-state index in [1.165, 1.54) is 0 Å². The first kappa shape index (κ1) is 11.4. The van der Waals surface area contributed by atoms with Gasteiger partial charge in [0.05, 0.1) is 12.2 Å². The lowest BCUT2D eigenvalue weighted by Gasteiger charge is -2.36. The van der Waals surface area contributed by atoms with E-state index in [1.54, 1.807) is 0 Å². The van der Waals surface area contributed by atoms with Crippen molar-refractivity contribution >= 4 is 5.78 Å². The maximum absolute atomic E-state index is 12.4. The molecule has 2 atom stereocenters. The van der Waals surface area contributed by atoms with Crippen LogP contribution in [-0.2, 0) is 14.3 Å². The predicted octanol–water partition coefficient (Wildman–Crippen LogP) is 2.25. The maximum atomic E-state index is 12.4. The fourth-order valence-electron chi connectivity index (χ4n) is 3.27. The van der Waals surface area contributed by atoms with E-state index in [1.807, 2.05) is 0 Å². The molecule has 3 rings (SSSR count). The van der Waals surface area contributed by atoms with Crippen molar-refractivity contribution in [2.75, 3.05) is 19.8 Å². The highest BCUT2D eigenvalue weighted by molar-refractivity contribution is 5.97. The maximum Gasteiger partial charge on any atom is 0.161 e. The smallest absolute Gasteiger partial charge is 0.161 e. The summed E-state index contributed by atoms with van der Waals surface area (Å²) in [5, 5.41) is 0. The normalized spacial score (nSPS) is 37.4. The molecule has 94 valence electrons. The Labute approximate surface area is 102 Å². The fraction of sp³-hybridized carbons (Fsp3) is 0.786. The van der Waals surface area contributed by atoms with E-state index < -0.39 is 0 Å². The molecule has 2 heterocycles. The summed E-state index contributed by atoms with van der Waals surface area (Å²) < 4.78 is 11.3. The summed E-state index contributed by atoms with van der Waals surface area (Å²) in [7, 11) is 0. The highest BCUT2D eigenvalue weighted by atomic mass is 16.6. The van der Waals surface area contributed by atoms with Crippen molar-refractivity contribution in [1.29, 1.82) is 0 Å². The van der Waals surface area contributed by atoms with Crippen LogP contribution in [0.15, 0.2) is 11.6 Å².